The third kappa shape index (κ3) is 4.80. The first kappa shape index (κ1) is 22.7. The van der Waals surface area contributed by atoms with E-state index in [-0.39, 0.29) is 12.3 Å². The number of ether oxygens (including phenoxy) is 2. The van der Waals surface area contributed by atoms with Crippen LogP contribution in [0.4, 0.5) is 0 Å². The van der Waals surface area contributed by atoms with Crippen LogP contribution in [0.5, 0.6) is 5.75 Å². The van der Waals surface area contributed by atoms with Crippen LogP contribution in [0, 0.1) is 0 Å². The average Bonchev–Trinajstić information content (AvgIpc) is 3.23. The molecule has 0 aliphatic carbocycles. The van der Waals surface area contributed by atoms with Gasteiger partial charge in [-0.3, -0.25) is 4.79 Å². The zero-order chi connectivity index (χ0) is 23.4. The summed E-state index contributed by atoms with van der Waals surface area (Å²) in [4.78, 5) is 32.1. The maximum Gasteiger partial charge on any atom is 0.338 e. The van der Waals surface area contributed by atoms with E-state index >= 15 is 0 Å². The Kier molecular flexibility index (Phi) is 6.84. The fraction of sp³-hybridized carbons (Fsp3) is 0.240. The van der Waals surface area contributed by atoms with Crippen LogP contribution in [-0.2, 0) is 20.9 Å². The number of aliphatic imine (C=N–C) groups is 1. The van der Waals surface area contributed by atoms with Crippen LogP contribution in [0.15, 0.2) is 82.0 Å². The molecule has 33 heavy (non-hydrogen) atoms. The Labute approximate surface area is 197 Å². The van der Waals surface area contributed by atoms with Crippen molar-refractivity contribution in [2.45, 2.75) is 25.9 Å². The van der Waals surface area contributed by atoms with E-state index in [4.69, 9.17) is 9.47 Å². The number of methoxy groups -OCH3 is 2. The highest BCUT2D eigenvalue weighted by atomic mass is 32.2. The summed E-state index contributed by atoms with van der Waals surface area (Å²) in [6, 6.07) is 16.8. The molecule has 0 saturated carbocycles. The quantitative estimate of drug-likeness (QED) is 0.622. The van der Waals surface area contributed by atoms with Crippen molar-refractivity contribution in [1.82, 2.24) is 10.2 Å². The monoisotopic (exact) mass is 463 g/mol. The van der Waals surface area contributed by atoms with Gasteiger partial charge in [-0.15, -0.1) is 0 Å². The molecule has 2 aliphatic rings. The average molecular weight is 464 g/mol. The molecule has 0 aromatic heterocycles. The second kappa shape index (κ2) is 9.95. The fourth-order valence-electron chi connectivity index (χ4n) is 3.89. The minimum Gasteiger partial charge on any atom is -0.497 e. The van der Waals surface area contributed by atoms with Crippen molar-refractivity contribution in [2.75, 3.05) is 14.2 Å². The number of carbonyl (C=O) groups is 2. The topological polar surface area (TPSA) is 80.2 Å². The molecule has 7 nitrogen and oxygen atoms in total. The first-order valence-corrected chi connectivity index (χ1v) is 11.4. The third-order valence-electron chi connectivity index (χ3n) is 5.49. The number of amidine groups is 1. The molecule has 2 heterocycles. The first-order valence-electron chi connectivity index (χ1n) is 10.5. The van der Waals surface area contributed by atoms with Crippen molar-refractivity contribution in [3.8, 4) is 5.75 Å². The molecule has 0 radical (unpaired) electrons. The Morgan fingerprint density at radius 1 is 1.12 bits per heavy atom. The number of fused-ring (bicyclic) bond motifs is 1. The number of hydrogen-bond donors (Lipinski definition) is 1. The third-order valence-corrected chi connectivity index (χ3v) is 6.38. The summed E-state index contributed by atoms with van der Waals surface area (Å²) in [6.45, 7) is 2.25. The van der Waals surface area contributed by atoms with Gasteiger partial charge in [-0.25, -0.2) is 9.79 Å². The molecule has 1 amide bonds. The maximum atomic E-state index is 12.8. The largest absolute Gasteiger partial charge is 0.497 e. The lowest BCUT2D eigenvalue weighted by Gasteiger charge is -2.36. The number of allylic oxidation sites excluding steroid dienone is 1. The summed E-state index contributed by atoms with van der Waals surface area (Å²) in [7, 11) is 2.96. The second-order valence-corrected chi connectivity index (χ2v) is 8.44. The predicted octanol–water partition coefficient (Wildman–Crippen LogP) is 4.15. The van der Waals surface area contributed by atoms with Crippen molar-refractivity contribution in [1.29, 1.82) is 0 Å². The van der Waals surface area contributed by atoms with Gasteiger partial charge in [-0.05, 0) is 35.6 Å². The van der Waals surface area contributed by atoms with E-state index in [2.05, 4.69) is 10.3 Å². The summed E-state index contributed by atoms with van der Waals surface area (Å²) < 4.78 is 10.5. The zero-order valence-electron chi connectivity index (χ0n) is 18.7. The van der Waals surface area contributed by atoms with E-state index in [0.29, 0.717) is 23.6 Å². The number of nitrogens with one attached hydrogen (secondary N) is 1. The van der Waals surface area contributed by atoms with Crippen LogP contribution in [-0.4, -0.2) is 36.2 Å². The molecule has 2 aliphatic heterocycles. The summed E-state index contributed by atoms with van der Waals surface area (Å²) in [6.07, 6.45) is 0.160. The van der Waals surface area contributed by atoms with E-state index in [0.717, 1.165) is 22.0 Å². The van der Waals surface area contributed by atoms with Crippen LogP contribution in [0.1, 0.15) is 30.5 Å². The number of thioether (sulfide) groups is 1. The number of esters is 1. The highest BCUT2D eigenvalue weighted by Gasteiger charge is 2.41. The van der Waals surface area contributed by atoms with Crippen LogP contribution < -0.4 is 10.1 Å². The van der Waals surface area contributed by atoms with Gasteiger partial charge < -0.3 is 19.7 Å². The molecule has 0 bridgehead atoms. The van der Waals surface area contributed by atoms with Gasteiger partial charge in [0.2, 0.25) is 5.91 Å². The summed E-state index contributed by atoms with van der Waals surface area (Å²) >= 11 is 1.44. The van der Waals surface area contributed by atoms with Gasteiger partial charge in [0.15, 0.2) is 5.17 Å². The second-order valence-electron chi connectivity index (χ2n) is 7.60. The minimum atomic E-state index is -0.483. The van der Waals surface area contributed by atoms with Crippen molar-refractivity contribution in [2.24, 2.45) is 4.99 Å². The molecule has 1 N–H and O–H groups in total. The number of carbonyl (C=O) groups excluding carboxylic acids is 2. The highest BCUT2D eigenvalue weighted by Crippen LogP contribution is 2.45. The molecule has 0 fully saturated rings. The zero-order valence-corrected chi connectivity index (χ0v) is 19.5. The molecule has 8 heteroatoms. The van der Waals surface area contributed by atoms with Gasteiger partial charge in [0.05, 0.1) is 38.0 Å². The molecule has 0 spiro atoms. The molecule has 0 unspecified atom stereocenters. The molecule has 4 rings (SSSR count). The van der Waals surface area contributed by atoms with E-state index in [1.807, 2.05) is 64.9 Å². The van der Waals surface area contributed by atoms with E-state index < -0.39 is 12.0 Å². The van der Waals surface area contributed by atoms with Crippen LogP contribution in [0.3, 0.4) is 0 Å². The normalized spacial score (nSPS) is 17.2. The lowest BCUT2D eigenvalue weighted by molar-refractivity contribution is -0.136. The Morgan fingerprint density at radius 2 is 1.91 bits per heavy atom. The Morgan fingerprint density at radius 3 is 2.64 bits per heavy atom. The van der Waals surface area contributed by atoms with Crippen LogP contribution >= 0.6 is 11.8 Å². The fourth-order valence-corrected chi connectivity index (χ4v) is 4.86. The Hall–Kier alpha value is -3.52. The number of benzene rings is 2. The van der Waals surface area contributed by atoms with E-state index in [1.165, 1.54) is 18.9 Å². The van der Waals surface area contributed by atoms with Gasteiger partial charge in [0.1, 0.15) is 5.75 Å². The van der Waals surface area contributed by atoms with Crippen molar-refractivity contribution >= 4 is 28.8 Å². The Balaban J connectivity index is 1.62. The molecule has 2 aromatic rings. The van der Waals surface area contributed by atoms with Crippen molar-refractivity contribution < 1.29 is 19.1 Å². The number of hydrogen-bond acceptors (Lipinski definition) is 7. The lowest BCUT2D eigenvalue weighted by Crippen LogP contribution is -2.37. The molecule has 170 valence electrons. The number of nitrogens with zero attached hydrogens (tertiary/aromatic N) is 2. The molecule has 0 saturated heterocycles. The predicted molar refractivity (Wildman–Crippen MR) is 128 cm³/mol. The molecule has 1 atom stereocenters. The number of rotatable bonds is 7. The standard InChI is InChI=1S/C25H25N3O4S/c1-16-22(24(30)32-3)23(18-10-7-11-20(12-18)31-2)28-19(15-33-25(28)27-16)13-21(29)26-14-17-8-5-4-6-9-17/h4-12,15,23H,13-14H2,1-3H3,(H,26,29)/t23-/m1/s1. The summed E-state index contributed by atoms with van der Waals surface area (Å²) in [5.74, 6) is 0.117. The molecular formula is C25H25N3O4S. The van der Waals surface area contributed by atoms with Gasteiger partial charge in [0.25, 0.3) is 0 Å². The minimum absolute atomic E-state index is 0.109. The molecular weight excluding hydrogens is 438 g/mol. The van der Waals surface area contributed by atoms with Crippen LogP contribution in [0.25, 0.3) is 0 Å². The van der Waals surface area contributed by atoms with Gasteiger partial charge >= 0.3 is 5.97 Å². The smallest absolute Gasteiger partial charge is 0.338 e. The van der Waals surface area contributed by atoms with Gasteiger partial charge in [-0.2, -0.15) is 0 Å². The maximum absolute atomic E-state index is 12.8. The Bertz CT molecular complexity index is 1160. The van der Waals surface area contributed by atoms with E-state index in [9.17, 15) is 9.59 Å². The van der Waals surface area contributed by atoms with Gasteiger partial charge in [-0.1, -0.05) is 54.2 Å². The van der Waals surface area contributed by atoms with E-state index in [1.54, 1.807) is 14.0 Å². The first-order chi connectivity index (χ1) is 16.0. The van der Waals surface area contributed by atoms with Crippen LogP contribution in [0.2, 0.25) is 0 Å². The number of amides is 1. The lowest BCUT2D eigenvalue weighted by atomic mass is 9.93. The summed E-state index contributed by atoms with van der Waals surface area (Å²) in [5.41, 5.74) is 3.68. The van der Waals surface area contributed by atoms with Crippen molar-refractivity contribution in [3.63, 3.8) is 0 Å². The van der Waals surface area contributed by atoms with Gasteiger partial charge in [0, 0.05) is 12.2 Å². The highest BCUT2D eigenvalue weighted by molar-refractivity contribution is 8.16. The molecule has 2 aromatic carbocycles. The van der Waals surface area contributed by atoms with Crippen molar-refractivity contribution in [3.05, 3.63) is 88.1 Å². The summed E-state index contributed by atoms with van der Waals surface area (Å²) in [5, 5.41) is 5.61. The SMILES string of the molecule is COC(=O)C1=C(C)N=C2SC=C(CC(=O)NCc3ccccc3)N2[C@@H]1c1cccc(OC)c1.